The Bertz CT molecular complexity index is 385. The number of hydrogen-bond donors (Lipinski definition) is 2. The molecule has 5 nitrogen and oxygen atoms in total. The Morgan fingerprint density at radius 1 is 1.53 bits per heavy atom. The van der Waals surface area contributed by atoms with Gasteiger partial charge in [0.15, 0.2) is 0 Å². The van der Waals surface area contributed by atoms with Gasteiger partial charge in [0.05, 0.1) is 12.8 Å². The molecule has 5 heteroatoms. The second kappa shape index (κ2) is 6.65. The molecule has 17 heavy (non-hydrogen) atoms. The van der Waals surface area contributed by atoms with Gasteiger partial charge in [-0.1, -0.05) is 0 Å². The van der Waals surface area contributed by atoms with Gasteiger partial charge in [0.2, 0.25) is 0 Å². The van der Waals surface area contributed by atoms with E-state index in [9.17, 15) is 4.79 Å². The summed E-state index contributed by atoms with van der Waals surface area (Å²) in [5, 5.41) is 12.6. The smallest absolute Gasteiger partial charge is 0.268 e. The van der Waals surface area contributed by atoms with Crippen molar-refractivity contribution in [2.75, 3.05) is 6.61 Å². The van der Waals surface area contributed by atoms with Crippen molar-refractivity contribution in [1.82, 2.24) is 5.43 Å². The lowest BCUT2D eigenvalue weighted by Crippen LogP contribution is -2.28. The summed E-state index contributed by atoms with van der Waals surface area (Å²) in [5.74, 6) is 0.254. The molecule has 0 bridgehead atoms. The van der Waals surface area contributed by atoms with Crippen molar-refractivity contribution in [2.45, 2.75) is 20.0 Å². The van der Waals surface area contributed by atoms with Crippen molar-refractivity contribution in [1.29, 1.82) is 0 Å². The SMILES string of the molecule is CCOc1ccc(/C=N\NC(=O)[C@@H](C)O)cc1. The number of ether oxygens (including phenoxy) is 1. The van der Waals surface area contributed by atoms with Gasteiger partial charge in [-0.05, 0) is 43.7 Å². The first-order valence-electron chi connectivity index (χ1n) is 5.37. The molecular formula is C12H16N2O3. The number of hydrazone groups is 1. The first-order valence-corrected chi connectivity index (χ1v) is 5.37. The van der Waals surface area contributed by atoms with Crippen LogP contribution in [0.25, 0.3) is 0 Å². The molecule has 0 saturated carbocycles. The Hall–Kier alpha value is -1.88. The summed E-state index contributed by atoms with van der Waals surface area (Å²) in [6, 6.07) is 7.29. The van der Waals surface area contributed by atoms with Gasteiger partial charge in [-0.2, -0.15) is 5.10 Å². The maximum Gasteiger partial charge on any atom is 0.268 e. The van der Waals surface area contributed by atoms with Crippen molar-refractivity contribution >= 4 is 12.1 Å². The minimum atomic E-state index is -1.06. The molecule has 0 aliphatic carbocycles. The van der Waals surface area contributed by atoms with Crippen LogP contribution in [0.3, 0.4) is 0 Å². The zero-order chi connectivity index (χ0) is 12.7. The Balaban J connectivity index is 2.51. The second-order valence-electron chi connectivity index (χ2n) is 3.41. The van der Waals surface area contributed by atoms with Crippen LogP contribution < -0.4 is 10.2 Å². The molecule has 0 aliphatic heterocycles. The van der Waals surface area contributed by atoms with Gasteiger partial charge in [-0.3, -0.25) is 4.79 Å². The second-order valence-corrected chi connectivity index (χ2v) is 3.41. The molecule has 0 fully saturated rings. The predicted molar refractivity (Wildman–Crippen MR) is 65.0 cm³/mol. The van der Waals surface area contributed by atoms with Gasteiger partial charge in [-0.25, -0.2) is 5.43 Å². The highest BCUT2D eigenvalue weighted by Crippen LogP contribution is 2.10. The molecule has 0 aromatic heterocycles. The third-order valence-electron chi connectivity index (χ3n) is 1.96. The number of aliphatic hydroxyl groups is 1. The Morgan fingerprint density at radius 2 is 2.18 bits per heavy atom. The van der Waals surface area contributed by atoms with E-state index >= 15 is 0 Å². The molecule has 0 aliphatic rings. The van der Waals surface area contributed by atoms with E-state index in [4.69, 9.17) is 9.84 Å². The molecular weight excluding hydrogens is 220 g/mol. The lowest BCUT2D eigenvalue weighted by atomic mass is 10.2. The number of nitrogens with one attached hydrogen (secondary N) is 1. The van der Waals surface area contributed by atoms with E-state index in [0.29, 0.717) is 6.61 Å². The maximum atomic E-state index is 11.0. The van der Waals surface area contributed by atoms with Gasteiger partial charge >= 0.3 is 0 Å². The van der Waals surface area contributed by atoms with Gasteiger partial charge < -0.3 is 9.84 Å². The lowest BCUT2D eigenvalue weighted by Gasteiger charge is -2.02. The number of rotatable bonds is 5. The fourth-order valence-corrected chi connectivity index (χ4v) is 1.08. The van der Waals surface area contributed by atoms with E-state index in [1.165, 1.54) is 13.1 Å². The fraction of sp³-hybridized carbons (Fsp3) is 0.333. The maximum absolute atomic E-state index is 11.0. The molecule has 1 amide bonds. The monoisotopic (exact) mass is 236 g/mol. The molecule has 0 saturated heterocycles. The summed E-state index contributed by atoms with van der Waals surface area (Å²) in [6.45, 7) is 3.92. The quantitative estimate of drug-likeness (QED) is 0.590. The fourth-order valence-electron chi connectivity index (χ4n) is 1.08. The number of hydrogen-bond acceptors (Lipinski definition) is 4. The van der Waals surface area contributed by atoms with Crippen LogP contribution in [0.2, 0.25) is 0 Å². The third kappa shape index (κ3) is 4.65. The van der Waals surface area contributed by atoms with Crippen LogP contribution >= 0.6 is 0 Å². The van der Waals surface area contributed by atoms with E-state index in [2.05, 4.69) is 10.5 Å². The highest BCUT2D eigenvalue weighted by Gasteiger charge is 2.05. The van der Waals surface area contributed by atoms with Crippen LogP contribution in [0.4, 0.5) is 0 Å². The summed E-state index contributed by atoms with van der Waals surface area (Å²) >= 11 is 0. The number of nitrogens with zero attached hydrogens (tertiary/aromatic N) is 1. The minimum absolute atomic E-state index is 0.535. The van der Waals surface area contributed by atoms with Crippen molar-refractivity contribution in [3.8, 4) is 5.75 Å². The lowest BCUT2D eigenvalue weighted by molar-refractivity contribution is -0.128. The number of amides is 1. The molecule has 92 valence electrons. The topological polar surface area (TPSA) is 70.9 Å². The summed E-state index contributed by atoms with van der Waals surface area (Å²) in [5.41, 5.74) is 3.05. The van der Waals surface area contributed by atoms with Gasteiger partial charge in [0.25, 0.3) is 5.91 Å². The van der Waals surface area contributed by atoms with Crippen molar-refractivity contribution < 1.29 is 14.6 Å². The highest BCUT2D eigenvalue weighted by atomic mass is 16.5. The predicted octanol–water partition coefficient (Wildman–Crippen LogP) is 0.916. The summed E-state index contributed by atoms with van der Waals surface area (Å²) < 4.78 is 5.29. The molecule has 0 radical (unpaired) electrons. The standard InChI is InChI=1S/C12H16N2O3/c1-3-17-11-6-4-10(5-7-11)8-13-14-12(16)9(2)15/h4-9,15H,3H2,1-2H3,(H,14,16)/b13-8-/t9-/m1/s1. The summed E-state index contributed by atoms with van der Waals surface area (Å²) in [6.07, 6.45) is 0.434. The average Bonchev–Trinajstić information content (AvgIpc) is 2.31. The van der Waals surface area contributed by atoms with Gasteiger partial charge in [0, 0.05) is 0 Å². The first-order chi connectivity index (χ1) is 8.13. The Morgan fingerprint density at radius 3 is 2.71 bits per heavy atom. The molecule has 1 aromatic rings. The van der Waals surface area contributed by atoms with Crippen LogP contribution in [0, 0.1) is 0 Å². The number of carbonyl (C=O) groups excluding carboxylic acids is 1. The van der Waals surface area contributed by atoms with Crippen LogP contribution in [-0.2, 0) is 4.79 Å². The Kier molecular flexibility index (Phi) is 5.16. The van der Waals surface area contributed by atoms with Crippen LogP contribution in [0.5, 0.6) is 5.75 Å². The van der Waals surface area contributed by atoms with E-state index in [1.54, 1.807) is 0 Å². The highest BCUT2D eigenvalue weighted by molar-refractivity contribution is 5.84. The van der Waals surface area contributed by atoms with E-state index in [0.717, 1.165) is 11.3 Å². The summed E-state index contributed by atoms with van der Waals surface area (Å²) in [7, 11) is 0. The zero-order valence-electron chi connectivity index (χ0n) is 9.88. The molecule has 1 aromatic carbocycles. The van der Waals surface area contributed by atoms with Crippen LogP contribution in [-0.4, -0.2) is 29.9 Å². The van der Waals surface area contributed by atoms with Crippen molar-refractivity contribution in [3.05, 3.63) is 29.8 Å². The number of aliphatic hydroxyl groups excluding tert-OH is 1. The number of carbonyl (C=O) groups is 1. The van der Waals surface area contributed by atoms with E-state index in [-0.39, 0.29) is 0 Å². The molecule has 0 unspecified atom stereocenters. The van der Waals surface area contributed by atoms with Gasteiger partial charge in [-0.15, -0.1) is 0 Å². The van der Waals surface area contributed by atoms with Crippen LogP contribution in [0.1, 0.15) is 19.4 Å². The third-order valence-corrected chi connectivity index (χ3v) is 1.96. The van der Waals surface area contributed by atoms with E-state index < -0.39 is 12.0 Å². The van der Waals surface area contributed by atoms with Gasteiger partial charge in [0.1, 0.15) is 11.9 Å². The Labute approximate surface area is 100 Å². The van der Waals surface area contributed by atoms with E-state index in [1.807, 2.05) is 31.2 Å². The number of benzene rings is 1. The molecule has 2 N–H and O–H groups in total. The molecule has 0 spiro atoms. The average molecular weight is 236 g/mol. The normalized spacial score (nSPS) is 12.4. The van der Waals surface area contributed by atoms with Crippen molar-refractivity contribution in [3.63, 3.8) is 0 Å². The summed E-state index contributed by atoms with van der Waals surface area (Å²) in [4.78, 5) is 11.0. The largest absolute Gasteiger partial charge is 0.494 e. The minimum Gasteiger partial charge on any atom is -0.494 e. The molecule has 1 rings (SSSR count). The molecule has 1 atom stereocenters. The first kappa shape index (κ1) is 13.2. The zero-order valence-corrected chi connectivity index (χ0v) is 9.88. The van der Waals surface area contributed by atoms with Crippen LogP contribution in [0.15, 0.2) is 29.4 Å². The van der Waals surface area contributed by atoms with Crippen molar-refractivity contribution in [2.24, 2.45) is 5.10 Å². The molecule has 0 heterocycles.